The first kappa shape index (κ1) is 16.0. The maximum atomic E-state index is 11.8. The number of carbonyl (C=O) groups is 2. The molecule has 0 fully saturated rings. The highest BCUT2D eigenvalue weighted by Crippen LogP contribution is 2.17. The molecule has 1 aromatic rings. The second-order valence-corrected chi connectivity index (χ2v) is 4.90. The fourth-order valence-corrected chi connectivity index (χ4v) is 1.90. The molecule has 0 saturated heterocycles. The quantitative estimate of drug-likeness (QED) is 0.712. The fraction of sp³-hybridized carbons (Fsp3) is 0.467. The number of benzene rings is 1. The number of carbonyl (C=O) groups excluding carboxylic acids is 1. The number of hydrogen-bond acceptors (Lipinski definition) is 3. The molecule has 0 aliphatic rings. The Labute approximate surface area is 118 Å². The molecule has 0 aliphatic heterocycles. The molecule has 3 N–H and O–H groups in total. The van der Waals surface area contributed by atoms with Gasteiger partial charge in [-0.05, 0) is 24.0 Å². The van der Waals surface area contributed by atoms with Gasteiger partial charge in [0.05, 0.1) is 0 Å². The van der Waals surface area contributed by atoms with Gasteiger partial charge >= 0.3 is 5.97 Å². The van der Waals surface area contributed by atoms with Gasteiger partial charge in [-0.3, -0.25) is 4.79 Å². The van der Waals surface area contributed by atoms with Gasteiger partial charge in [0.25, 0.3) is 0 Å². The second-order valence-electron chi connectivity index (χ2n) is 4.90. The first-order valence-corrected chi connectivity index (χ1v) is 6.74. The molecule has 0 saturated carbocycles. The van der Waals surface area contributed by atoms with E-state index in [-0.39, 0.29) is 24.0 Å². The summed E-state index contributed by atoms with van der Waals surface area (Å²) in [5.74, 6) is -1.31. The number of para-hydroxylation sites is 1. The van der Waals surface area contributed by atoms with Gasteiger partial charge in [-0.2, -0.15) is 0 Å². The fourth-order valence-electron chi connectivity index (χ4n) is 1.90. The molecule has 5 nitrogen and oxygen atoms in total. The maximum Gasteiger partial charge on any atom is 0.326 e. The SMILES string of the molecule is CCC(C)C(NC(=O)CCc1ccccc1O)C(=O)O. The van der Waals surface area contributed by atoms with Crippen molar-refractivity contribution in [2.45, 2.75) is 39.2 Å². The van der Waals surface area contributed by atoms with Gasteiger partial charge in [-0.25, -0.2) is 4.79 Å². The predicted molar refractivity (Wildman–Crippen MR) is 75.4 cm³/mol. The van der Waals surface area contributed by atoms with Crippen molar-refractivity contribution < 1.29 is 19.8 Å². The molecule has 0 aromatic heterocycles. The molecular weight excluding hydrogens is 258 g/mol. The molecule has 2 atom stereocenters. The molecule has 110 valence electrons. The van der Waals surface area contributed by atoms with E-state index in [2.05, 4.69) is 5.32 Å². The van der Waals surface area contributed by atoms with Gasteiger partial charge in [0, 0.05) is 6.42 Å². The summed E-state index contributed by atoms with van der Waals surface area (Å²) in [6.07, 6.45) is 1.21. The maximum absolute atomic E-state index is 11.8. The summed E-state index contributed by atoms with van der Waals surface area (Å²) in [6, 6.07) is 5.93. The predicted octanol–water partition coefficient (Wildman–Crippen LogP) is 1.94. The Morgan fingerprint density at radius 3 is 2.50 bits per heavy atom. The van der Waals surface area contributed by atoms with E-state index in [0.29, 0.717) is 18.4 Å². The molecule has 5 heteroatoms. The van der Waals surface area contributed by atoms with Crippen molar-refractivity contribution in [1.82, 2.24) is 5.32 Å². The van der Waals surface area contributed by atoms with Crippen LogP contribution in [0.25, 0.3) is 0 Å². The van der Waals surface area contributed by atoms with Gasteiger partial charge in [0.15, 0.2) is 0 Å². The number of phenolic OH excluding ortho intramolecular Hbond substituents is 1. The van der Waals surface area contributed by atoms with Crippen molar-refractivity contribution in [2.24, 2.45) is 5.92 Å². The number of amides is 1. The van der Waals surface area contributed by atoms with Crippen LogP contribution in [0.4, 0.5) is 0 Å². The smallest absolute Gasteiger partial charge is 0.326 e. The number of aliphatic carboxylic acids is 1. The Morgan fingerprint density at radius 2 is 1.95 bits per heavy atom. The van der Waals surface area contributed by atoms with Crippen LogP contribution in [0, 0.1) is 5.92 Å². The van der Waals surface area contributed by atoms with Crippen LogP contribution in [-0.2, 0) is 16.0 Å². The van der Waals surface area contributed by atoms with Gasteiger partial charge < -0.3 is 15.5 Å². The summed E-state index contributed by atoms with van der Waals surface area (Å²) in [4.78, 5) is 22.9. The molecule has 2 unspecified atom stereocenters. The standard InChI is InChI=1S/C15H21NO4/c1-3-10(2)14(15(19)20)16-13(18)9-8-11-6-4-5-7-12(11)17/h4-7,10,14,17H,3,8-9H2,1-2H3,(H,16,18)(H,19,20). The average Bonchev–Trinajstić information content (AvgIpc) is 2.42. The van der Waals surface area contributed by atoms with Crippen LogP contribution in [0.3, 0.4) is 0 Å². The molecule has 1 rings (SSSR count). The molecular formula is C15H21NO4. The zero-order valence-electron chi connectivity index (χ0n) is 11.8. The highest BCUT2D eigenvalue weighted by molar-refractivity contribution is 5.83. The number of carboxylic acid groups (broad SMARTS) is 1. The molecule has 0 radical (unpaired) electrons. The van der Waals surface area contributed by atoms with E-state index in [1.807, 2.05) is 6.92 Å². The number of carboxylic acids is 1. The molecule has 0 aliphatic carbocycles. The summed E-state index contributed by atoms with van der Waals surface area (Å²) in [7, 11) is 0. The summed E-state index contributed by atoms with van der Waals surface area (Å²) in [6.45, 7) is 3.68. The van der Waals surface area contributed by atoms with E-state index in [1.54, 1.807) is 31.2 Å². The van der Waals surface area contributed by atoms with Crippen molar-refractivity contribution in [2.75, 3.05) is 0 Å². The lowest BCUT2D eigenvalue weighted by Gasteiger charge is -2.20. The topological polar surface area (TPSA) is 86.6 Å². The van der Waals surface area contributed by atoms with Crippen molar-refractivity contribution in [1.29, 1.82) is 0 Å². The number of nitrogens with one attached hydrogen (secondary N) is 1. The molecule has 0 spiro atoms. The third-order valence-electron chi connectivity index (χ3n) is 3.41. The number of hydrogen-bond donors (Lipinski definition) is 3. The largest absolute Gasteiger partial charge is 0.508 e. The van der Waals surface area contributed by atoms with E-state index < -0.39 is 12.0 Å². The van der Waals surface area contributed by atoms with Crippen LogP contribution in [-0.4, -0.2) is 28.1 Å². The Bertz CT molecular complexity index is 473. The van der Waals surface area contributed by atoms with Crippen LogP contribution >= 0.6 is 0 Å². The van der Waals surface area contributed by atoms with Crippen LogP contribution in [0.2, 0.25) is 0 Å². The molecule has 20 heavy (non-hydrogen) atoms. The molecule has 0 bridgehead atoms. The first-order chi connectivity index (χ1) is 9.45. The van der Waals surface area contributed by atoms with Crippen LogP contribution in [0.15, 0.2) is 24.3 Å². The summed E-state index contributed by atoms with van der Waals surface area (Å²) in [5.41, 5.74) is 0.679. The minimum atomic E-state index is -1.02. The summed E-state index contributed by atoms with van der Waals surface area (Å²) >= 11 is 0. The van der Waals surface area contributed by atoms with Gasteiger partial charge in [-0.15, -0.1) is 0 Å². The number of aromatic hydroxyl groups is 1. The Morgan fingerprint density at radius 1 is 1.30 bits per heavy atom. The van der Waals surface area contributed by atoms with Crippen LogP contribution < -0.4 is 5.32 Å². The zero-order valence-corrected chi connectivity index (χ0v) is 11.8. The third kappa shape index (κ3) is 4.57. The van der Waals surface area contributed by atoms with Gasteiger partial charge in [0.2, 0.25) is 5.91 Å². The second kappa shape index (κ2) is 7.53. The molecule has 1 amide bonds. The van der Waals surface area contributed by atoms with E-state index in [4.69, 9.17) is 5.11 Å². The number of phenols is 1. The Kier molecular flexibility index (Phi) is 6.03. The lowest BCUT2D eigenvalue weighted by Crippen LogP contribution is -2.45. The minimum absolute atomic E-state index is 0.124. The summed E-state index contributed by atoms with van der Waals surface area (Å²) in [5, 5.41) is 21.2. The monoisotopic (exact) mass is 279 g/mol. The lowest BCUT2D eigenvalue weighted by molar-refractivity contribution is -0.143. The van der Waals surface area contributed by atoms with Crippen molar-refractivity contribution in [3.63, 3.8) is 0 Å². The molecule has 0 heterocycles. The highest BCUT2D eigenvalue weighted by atomic mass is 16.4. The van der Waals surface area contributed by atoms with Crippen molar-refractivity contribution in [3.05, 3.63) is 29.8 Å². The Balaban J connectivity index is 2.55. The van der Waals surface area contributed by atoms with E-state index in [0.717, 1.165) is 0 Å². The van der Waals surface area contributed by atoms with E-state index in [1.165, 1.54) is 0 Å². The van der Waals surface area contributed by atoms with E-state index >= 15 is 0 Å². The first-order valence-electron chi connectivity index (χ1n) is 6.74. The molecule has 1 aromatic carbocycles. The van der Waals surface area contributed by atoms with Crippen LogP contribution in [0.1, 0.15) is 32.3 Å². The van der Waals surface area contributed by atoms with Crippen molar-refractivity contribution in [3.8, 4) is 5.75 Å². The average molecular weight is 279 g/mol. The van der Waals surface area contributed by atoms with Gasteiger partial charge in [0.1, 0.15) is 11.8 Å². The van der Waals surface area contributed by atoms with Crippen molar-refractivity contribution >= 4 is 11.9 Å². The zero-order chi connectivity index (χ0) is 15.1. The van der Waals surface area contributed by atoms with Gasteiger partial charge in [-0.1, -0.05) is 38.5 Å². The third-order valence-corrected chi connectivity index (χ3v) is 3.41. The Hall–Kier alpha value is -2.04. The van der Waals surface area contributed by atoms with Crippen LogP contribution in [0.5, 0.6) is 5.75 Å². The summed E-state index contributed by atoms with van der Waals surface area (Å²) < 4.78 is 0. The minimum Gasteiger partial charge on any atom is -0.508 e. The number of aryl methyl sites for hydroxylation is 1. The lowest BCUT2D eigenvalue weighted by atomic mass is 9.99. The highest BCUT2D eigenvalue weighted by Gasteiger charge is 2.24. The number of rotatable bonds is 7. The normalized spacial score (nSPS) is 13.5. The van der Waals surface area contributed by atoms with E-state index in [9.17, 15) is 14.7 Å².